The van der Waals surface area contributed by atoms with Crippen LogP contribution in [-0.4, -0.2) is 16.4 Å². The van der Waals surface area contributed by atoms with Gasteiger partial charge < -0.3 is 12.4 Å². The van der Waals surface area contributed by atoms with Crippen LogP contribution in [0.4, 0.5) is 0 Å². The summed E-state index contributed by atoms with van der Waals surface area (Å²) in [6.07, 6.45) is 16.2. The van der Waals surface area contributed by atoms with Gasteiger partial charge in [0.15, 0.2) is 0 Å². The average molecular weight is 342 g/mol. The highest BCUT2D eigenvalue weighted by Crippen LogP contribution is 2.20. The van der Waals surface area contributed by atoms with Gasteiger partial charge in [0.1, 0.15) is 0 Å². The Kier molecular flexibility index (Phi) is 19.0. The molecule has 0 aromatic carbocycles. The van der Waals surface area contributed by atoms with Crippen molar-refractivity contribution in [1.82, 2.24) is 0 Å². The zero-order chi connectivity index (χ0) is 14.4. The van der Waals surface area contributed by atoms with Crippen molar-refractivity contribution < 1.29 is 15.7 Å². The highest BCUT2D eigenvalue weighted by molar-refractivity contribution is 7.87. The lowest BCUT2D eigenvalue weighted by atomic mass is 10.1. The second-order valence-corrected chi connectivity index (χ2v) is 7.71. The molecule has 0 amide bonds. The average Bonchev–Trinajstić information content (AvgIpc) is 2.38. The van der Waals surface area contributed by atoms with E-state index in [1.807, 2.05) is 0 Å². The van der Waals surface area contributed by atoms with Crippen molar-refractivity contribution in [2.75, 3.05) is 13.1 Å². The van der Waals surface area contributed by atoms with Gasteiger partial charge in [-0.25, -0.2) is 3.29 Å². The first-order chi connectivity index (χ1) is 9.12. The fourth-order valence-electron chi connectivity index (χ4n) is 2.40. The molecule has 0 heterocycles. The lowest BCUT2D eigenvalue weighted by Gasteiger charge is -2.24. The Morgan fingerprint density at radius 1 is 0.550 bits per heavy atom. The third-order valence-electron chi connectivity index (χ3n) is 3.74. The Balaban J connectivity index is 0. The summed E-state index contributed by atoms with van der Waals surface area (Å²) in [6.45, 7) is 6.74. The zero-order valence-electron chi connectivity index (χ0n) is 13.6. The van der Waals surface area contributed by atoms with Crippen molar-refractivity contribution in [3.8, 4) is 0 Å². The molecule has 0 saturated carbocycles. The number of rotatable bonds is 14. The standard InChI is InChI=1S/C16H36NS2.ClH/c1-3-5-7-9-11-13-15-17(18,19)16-14-12-10-8-6-4-2;/h18-19H,3-16H2,1-2H3;1H/q+1;/p-1. The SMILES string of the molecule is CCCCCCCC[N+](S)(S)CCCCCCCC.[Cl-]. The molecule has 124 valence electrons. The fraction of sp³-hybridized carbons (Fsp3) is 1.00. The van der Waals surface area contributed by atoms with Crippen LogP contribution >= 0.6 is 25.6 Å². The Labute approximate surface area is 145 Å². The first kappa shape index (κ1) is 23.2. The van der Waals surface area contributed by atoms with Crippen molar-refractivity contribution in [3.63, 3.8) is 0 Å². The summed E-state index contributed by atoms with van der Waals surface area (Å²) in [5.41, 5.74) is 0. The van der Waals surface area contributed by atoms with E-state index in [1.165, 1.54) is 77.0 Å². The molecule has 0 spiro atoms. The molecule has 0 aliphatic heterocycles. The fourth-order valence-corrected chi connectivity index (χ4v) is 2.97. The molecule has 0 radical (unpaired) electrons. The third kappa shape index (κ3) is 17.0. The summed E-state index contributed by atoms with van der Waals surface area (Å²) in [4.78, 5) is 0. The van der Waals surface area contributed by atoms with E-state index in [2.05, 4.69) is 39.5 Å². The molecule has 0 bridgehead atoms. The number of unbranched alkanes of at least 4 members (excludes halogenated alkanes) is 10. The minimum Gasteiger partial charge on any atom is -1.00 e. The first-order valence-corrected chi connectivity index (χ1v) is 9.25. The lowest BCUT2D eigenvalue weighted by molar-refractivity contribution is -0.641. The zero-order valence-corrected chi connectivity index (χ0v) is 16.2. The number of quaternary nitrogens is 1. The second-order valence-electron chi connectivity index (χ2n) is 5.86. The Hall–Kier alpha value is 0.950. The highest BCUT2D eigenvalue weighted by Gasteiger charge is 2.17. The molecule has 0 N–H and O–H groups in total. The number of hydrogen-bond donors (Lipinski definition) is 2. The maximum atomic E-state index is 4.68. The van der Waals surface area contributed by atoms with Gasteiger partial charge in [0.2, 0.25) is 0 Å². The van der Waals surface area contributed by atoms with Crippen LogP contribution in [0.1, 0.15) is 90.9 Å². The van der Waals surface area contributed by atoms with Crippen LogP contribution in [0.25, 0.3) is 0 Å². The van der Waals surface area contributed by atoms with Gasteiger partial charge in [0.05, 0.1) is 38.7 Å². The molecule has 0 aliphatic rings. The molecular formula is C16H36ClNS2. The van der Waals surface area contributed by atoms with Crippen molar-refractivity contribution in [1.29, 1.82) is 0 Å². The Morgan fingerprint density at radius 3 is 1.20 bits per heavy atom. The van der Waals surface area contributed by atoms with E-state index in [9.17, 15) is 0 Å². The quantitative estimate of drug-likeness (QED) is 0.270. The van der Waals surface area contributed by atoms with E-state index in [-0.39, 0.29) is 12.4 Å². The smallest absolute Gasteiger partial charge is 0.0998 e. The van der Waals surface area contributed by atoms with Crippen molar-refractivity contribution in [3.05, 3.63) is 0 Å². The minimum atomic E-state index is 0. The van der Waals surface area contributed by atoms with E-state index in [0.717, 1.165) is 13.1 Å². The maximum absolute atomic E-state index is 4.68. The van der Waals surface area contributed by atoms with Crippen LogP contribution in [0.15, 0.2) is 0 Å². The molecule has 0 rings (SSSR count). The van der Waals surface area contributed by atoms with Gasteiger partial charge in [-0.1, -0.05) is 65.2 Å². The number of hydrogen-bond acceptors (Lipinski definition) is 2. The van der Waals surface area contributed by atoms with E-state index in [1.54, 1.807) is 0 Å². The predicted octanol–water partition coefficient (Wildman–Crippen LogP) is 3.22. The summed E-state index contributed by atoms with van der Waals surface area (Å²) in [6, 6.07) is 0. The van der Waals surface area contributed by atoms with Gasteiger partial charge in [-0.2, -0.15) is 0 Å². The third-order valence-corrected chi connectivity index (χ3v) is 4.54. The van der Waals surface area contributed by atoms with E-state index in [4.69, 9.17) is 0 Å². The van der Waals surface area contributed by atoms with Crippen LogP contribution < -0.4 is 12.4 Å². The van der Waals surface area contributed by atoms with Crippen molar-refractivity contribution >= 4 is 25.6 Å². The minimum absolute atomic E-state index is 0. The Bertz CT molecular complexity index is 171. The molecule has 0 aliphatic carbocycles. The molecule has 0 saturated heterocycles. The number of halogens is 1. The topological polar surface area (TPSA) is 0 Å². The monoisotopic (exact) mass is 341 g/mol. The molecular weight excluding hydrogens is 306 g/mol. The van der Waals surface area contributed by atoms with E-state index in [0.29, 0.717) is 3.29 Å². The van der Waals surface area contributed by atoms with Gasteiger partial charge in [-0.05, 0) is 25.7 Å². The lowest BCUT2D eigenvalue weighted by Crippen LogP contribution is -3.00. The van der Waals surface area contributed by atoms with Gasteiger partial charge in [0, 0.05) is 0 Å². The summed E-state index contributed by atoms with van der Waals surface area (Å²) < 4.78 is 0.627. The molecule has 20 heavy (non-hydrogen) atoms. The first-order valence-electron chi connectivity index (χ1n) is 8.45. The van der Waals surface area contributed by atoms with E-state index < -0.39 is 0 Å². The molecule has 4 heteroatoms. The molecule has 0 aromatic rings. The molecule has 0 fully saturated rings. The molecule has 1 nitrogen and oxygen atoms in total. The van der Waals surface area contributed by atoms with Gasteiger partial charge in [0.25, 0.3) is 0 Å². The van der Waals surface area contributed by atoms with E-state index >= 15 is 0 Å². The number of nitrogens with zero attached hydrogens (tertiary/aromatic N) is 1. The molecule has 0 atom stereocenters. The normalized spacial score (nSPS) is 11.4. The van der Waals surface area contributed by atoms with Crippen LogP contribution in [0, 0.1) is 0 Å². The van der Waals surface area contributed by atoms with Crippen LogP contribution in [0.3, 0.4) is 0 Å². The van der Waals surface area contributed by atoms with Gasteiger partial charge in [-0.3, -0.25) is 0 Å². The second kappa shape index (κ2) is 16.3. The number of thiol groups is 2. The maximum Gasteiger partial charge on any atom is 0.0998 e. The largest absolute Gasteiger partial charge is 1.00 e. The van der Waals surface area contributed by atoms with Crippen LogP contribution in [-0.2, 0) is 0 Å². The van der Waals surface area contributed by atoms with Gasteiger partial charge in [-0.15, -0.1) is 0 Å². The highest BCUT2D eigenvalue weighted by atomic mass is 35.5. The summed E-state index contributed by atoms with van der Waals surface area (Å²) in [5.74, 6) is 0. The predicted molar refractivity (Wildman–Crippen MR) is 94.7 cm³/mol. The molecule has 0 unspecified atom stereocenters. The summed E-state index contributed by atoms with van der Waals surface area (Å²) in [5, 5.41) is 0. The summed E-state index contributed by atoms with van der Waals surface area (Å²) in [7, 11) is 0. The Morgan fingerprint density at radius 2 is 0.850 bits per heavy atom. The summed E-state index contributed by atoms with van der Waals surface area (Å²) >= 11 is 9.35. The van der Waals surface area contributed by atoms with Crippen LogP contribution in [0.5, 0.6) is 0 Å². The van der Waals surface area contributed by atoms with Gasteiger partial charge >= 0.3 is 0 Å². The van der Waals surface area contributed by atoms with Crippen molar-refractivity contribution in [2.24, 2.45) is 0 Å². The van der Waals surface area contributed by atoms with Crippen molar-refractivity contribution in [2.45, 2.75) is 90.9 Å². The van der Waals surface area contributed by atoms with Crippen LogP contribution in [0.2, 0.25) is 0 Å². The molecule has 0 aromatic heterocycles.